The van der Waals surface area contributed by atoms with Gasteiger partial charge in [-0.1, -0.05) is 50.1 Å². The highest BCUT2D eigenvalue weighted by molar-refractivity contribution is 5.39. The first-order chi connectivity index (χ1) is 10.3. The molecule has 1 fully saturated rings. The number of aromatic nitrogens is 2. The van der Waals surface area contributed by atoms with Crippen molar-refractivity contribution >= 4 is 5.69 Å². The summed E-state index contributed by atoms with van der Waals surface area (Å²) < 4.78 is 2.01. The maximum absolute atomic E-state index is 4.47. The molecule has 1 N–H and O–H groups in total. The van der Waals surface area contributed by atoms with Crippen molar-refractivity contribution in [2.75, 3.05) is 5.32 Å². The van der Waals surface area contributed by atoms with Crippen LogP contribution in [0.2, 0.25) is 0 Å². The molecule has 2 unspecified atom stereocenters. The fourth-order valence-electron chi connectivity index (χ4n) is 3.16. The summed E-state index contributed by atoms with van der Waals surface area (Å²) in [6, 6.07) is 11.1. The zero-order valence-electron chi connectivity index (χ0n) is 12.8. The number of nitrogens with zero attached hydrogens (tertiary/aromatic N) is 2. The van der Waals surface area contributed by atoms with Crippen LogP contribution >= 0.6 is 0 Å². The SMILES string of the molecule is CC1CCCC(Nc2cnn(Cc3ccccc3)c2)CC1. The molecule has 2 aromatic rings. The number of nitrogens with one attached hydrogen (secondary N) is 1. The molecule has 1 heterocycles. The summed E-state index contributed by atoms with van der Waals surface area (Å²) in [6.07, 6.45) is 10.7. The average molecular weight is 283 g/mol. The Morgan fingerprint density at radius 1 is 1.14 bits per heavy atom. The minimum atomic E-state index is 0.615. The van der Waals surface area contributed by atoms with Gasteiger partial charge >= 0.3 is 0 Å². The second kappa shape index (κ2) is 6.79. The predicted molar refractivity (Wildman–Crippen MR) is 87.4 cm³/mol. The van der Waals surface area contributed by atoms with E-state index in [2.05, 4.69) is 47.8 Å². The Labute approximate surface area is 127 Å². The maximum atomic E-state index is 4.47. The van der Waals surface area contributed by atoms with Crippen LogP contribution in [0.3, 0.4) is 0 Å². The van der Waals surface area contributed by atoms with Crippen LogP contribution in [-0.4, -0.2) is 15.8 Å². The van der Waals surface area contributed by atoms with Gasteiger partial charge in [-0.2, -0.15) is 5.10 Å². The van der Waals surface area contributed by atoms with E-state index in [1.54, 1.807) is 0 Å². The summed E-state index contributed by atoms with van der Waals surface area (Å²) in [6.45, 7) is 3.21. The lowest BCUT2D eigenvalue weighted by Crippen LogP contribution is -2.18. The normalized spacial score (nSPS) is 22.7. The highest BCUT2D eigenvalue weighted by Gasteiger charge is 2.16. The third-order valence-electron chi connectivity index (χ3n) is 4.45. The second-order valence-corrected chi connectivity index (χ2v) is 6.37. The van der Waals surface area contributed by atoms with Crippen LogP contribution in [0.15, 0.2) is 42.7 Å². The van der Waals surface area contributed by atoms with E-state index in [-0.39, 0.29) is 0 Å². The van der Waals surface area contributed by atoms with Crippen LogP contribution in [-0.2, 0) is 6.54 Å². The van der Waals surface area contributed by atoms with E-state index in [4.69, 9.17) is 0 Å². The number of anilines is 1. The van der Waals surface area contributed by atoms with E-state index in [1.165, 1.54) is 37.7 Å². The van der Waals surface area contributed by atoms with Gasteiger partial charge in [0.15, 0.2) is 0 Å². The van der Waals surface area contributed by atoms with E-state index in [0.29, 0.717) is 6.04 Å². The molecule has 0 amide bonds. The topological polar surface area (TPSA) is 29.9 Å². The molecule has 0 spiro atoms. The van der Waals surface area contributed by atoms with Crippen molar-refractivity contribution in [1.29, 1.82) is 0 Å². The fraction of sp³-hybridized carbons (Fsp3) is 0.500. The number of benzene rings is 1. The van der Waals surface area contributed by atoms with Crippen molar-refractivity contribution < 1.29 is 0 Å². The van der Waals surface area contributed by atoms with Crippen molar-refractivity contribution in [2.24, 2.45) is 5.92 Å². The standard InChI is InChI=1S/C18H25N3/c1-15-6-5-9-17(11-10-15)20-18-12-19-21(14-18)13-16-7-3-2-4-8-16/h2-4,7-8,12,14-15,17,20H,5-6,9-11,13H2,1H3. The lowest BCUT2D eigenvalue weighted by Gasteiger charge is -2.16. The van der Waals surface area contributed by atoms with Crippen molar-refractivity contribution in [2.45, 2.75) is 51.6 Å². The van der Waals surface area contributed by atoms with Crippen LogP contribution in [0.5, 0.6) is 0 Å². The molecule has 1 aliphatic carbocycles. The van der Waals surface area contributed by atoms with Gasteiger partial charge in [-0.15, -0.1) is 0 Å². The Morgan fingerprint density at radius 3 is 2.86 bits per heavy atom. The Kier molecular flexibility index (Phi) is 4.59. The molecule has 3 heteroatoms. The molecule has 3 nitrogen and oxygen atoms in total. The van der Waals surface area contributed by atoms with Crippen molar-refractivity contribution in [3.05, 3.63) is 48.3 Å². The van der Waals surface area contributed by atoms with Crippen molar-refractivity contribution in [1.82, 2.24) is 9.78 Å². The van der Waals surface area contributed by atoms with Crippen LogP contribution < -0.4 is 5.32 Å². The molecule has 2 atom stereocenters. The largest absolute Gasteiger partial charge is 0.380 e. The Balaban J connectivity index is 1.57. The fourth-order valence-corrected chi connectivity index (χ4v) is 3.16. The van der Waals surface area contributed by atoms with Crippen LogP contribution in [0.4, 0.5) is 5.69 Å². The average Bonchev–Trinajstić information content (AvgIpc) is 2.82. The number of hydrogen-bond acceptors (Lipinski definition) is 2. The van der Waals surface area contributed by atoms with Gasteiger partial charge in [0.2, 0.25) is 0 Å². The summed E-state index contributed by atoms with van der Waals surface area (Å²) in [7, 11) is 0. The molecule has 1 aromatic heterocycles. The van der Waals surface area contributed by atoms with Gasteiger partial charge < -0.3 is 5.32 Å². The smallest absolute Gasteiger partial charge is 0.0728 e. The Bertz CT molecular complexity index is 547. The minimum absolute atomic E-state index is 0.615. The lowest BCUT2D eigenvalue weighted by atomic mass is 10.0. The van der Waals surface area contributed by atoms with Crippen LogP contribution in [0.1, 0.15) is 44.6 Å². The molecule has 1 aliphatic rings. The third kappa shape index (κ3) is 4.10. The first kappa shape index (κ1) is 14.2. The van der Waals surface area contributed by atoms with Gasteiger partial charge in [0, 0.05) is 12.2 Å². The summed E-state index contributed by atoms with van der Waals surface area (Å²) in [5.41, 5.74) is 2.45. The van der Waals surface area contributed by atoms with E-state index in [1.807, 2.05) is 16.9 Å². The van der Waals surface area contributed by atoms with Gasteiger partial charge in [-0.05, 0) is 30.7 Å². The van der Waals surface area contributed by atoms with E-state index in [9.17, 15) is 0 Å². The zero-order valence-corrected chi connectivity index (χ0v) is 12.8. The van der Waals surface area contributed by atoms with Gasteiger partial charge in [-0.25, -0.2) is 0 Å². The summed E-state index contributed by atoms with van der Waals surface area (Å²) >= 11 is 0. The van der Waals surface area contributed by atoms with Gasteiger partial charge in [-0.3, -0.25) is 4.68 Å². The molecule has 0 aliphatic heterocycles. The predicted octanol–water partition coefficient (Wildman–Crippen LogP) is 4.31. The highest BCUT2D eigenvalue weighted by atomic mass is 15.3. The van der Waals surface area contributed by atoms with E-state index >= 15 is 0 Å². The summed E-state index contributed by atoms with van der Waals surface area (Å²) in [4.78, 5) is 0. The Morgan fingerprint density at radius 2 is 2.00 bits per heavy atom. The minimum Gasteiger partial charge on any atom is -0.380 e. The van der Waals surface area contributed by atoms with Crippen LogP contribution in [0.25, 0.3) is 0 Å². The lowest BCUT2D eigenvalue weighted by molar-refractivity contribution is 0.502. The first-order valence-electron chi connectivity index (χ1n) is 8.12. The molecular weight excluding hydrogens is 258 g/mol. The molecule has 0 radical (unpaired) electrons. The second-order valence-electron chi connectivity index (χ2n) is 6.37. The van der Waals surface area contributed by atoms with Gasteiger partial charge in [0.1, 0.15) is 0 Å². The molecule has 1 saturated carbocycles. The molecule has 0 saturated heterocycles. The van der Waals surface area contributed by atoms with Gasteiger partial charge in [0.25, 0.3) is 0 Å². The molecule has 21 heavy (non-hydrogen) atoms. The number of rotatable bonds is 4. The quantitative estimate of drug-likeness (QED) is 0.847. The highest BCUT2D eigenvalue weighted by Crippen LogP contribution is 2.24. The van der Waals surface area contributed by atoms with Gasteiger partial charge in [0.05, 0.1) is 18.4 Å². The summed E-state index contributed by atoms with van der Waals surface area (Å²) in [5.74, 6) is 0.887. The Hall–Kier alpha value is -1.77. The maximum Gasteiger partial charge on any atom is 0.0728 e. The zero-order chi connectivity index (χ0) is 14.5. The van der Waals surface area contributed by atoms with Crippen molar-refractivity contribution in [3.63, 3.8) is 0 Å². The monoisotopic (exact) mass is 283 g/mol. The van der Waals surface area contributed by atoms with Crippen molar-refractivity contribution in [3.8, 4) is 0 Å². The van der Waals surface area contributed by atoms with E-state index in [0.717, 1.165) is 18.2 Å². The van der Waals surface area contributed by atoms with E-state index < -0.39 is 0 Å². The summed E-state index contributed by atoms with van der Waals surface area (Å²) in [5, 5.41) is 8.13. The molecular formula is C18H25N3. The number of hydrogen-bond donors (Lipinski definition) is 1. The molecule has 3 rings (SSSR count). The molecule has 1 aromatic carbocycles. The molecule has 112 valence electrons. The van der Waals surface area contributed by atoms with Crippen LogP contribution in [0, 0.1) is 5.92 Å². The molecule has 0 bridgehead atoms. The first-order valence-corrected chi connectivity index (χ1v) is 8.12. The third-order valence-corrected chi connectivity index (χ3v) is 4.45.